The third kappa shape index (κ3) is 1.95. The van der Waals surface area contributed by atoms with Crippen LogP contribution in [0.15, 0.2) is 12.1 Å². The lowest BCUT2D eigenvalue weighted by Crippen LogP contribution is -2.03. The summed E-state index contributed by atoms with van der Waals surface area (Å²) in [7, 11) is 0. The molecule has 0 fully saturated rings. The van der Waals surface area contributed by atoms with Crippen molar-refractivity contribution in [2.75, 3.05) is 0 Å². The number of carbonyl (C=O) groups excluding carboxylic acids is 1. The highest BCUT2D eigenvalue weighted by molar-refractivity contribution is 6.68. The molecule has 0 N–H and O–H groups in total. The number of halogens is 1. The molecule has 5 nitrogen and oxygen atoms in total. The third-order valence-corrected chi connectivity index (χ3v) is 2.07. The first kappa shape index (κ1) is 11.1. The smallest absolute Gasteiger partial charge is 0.275 e. The van der Waals surface area contributed by atoms with Crippen LogP contribution in [-0.4, -0.2) is 10.2 Å². The maximum Gasteiger partial charge on any atom is 0.285 e. The summed E-state index contributed by atoms with van der Waals surface area (Å²) in [6.07, 6.45) is 0. The Morgan fingerprint density at radius 1 is 1.60 bits per heavy atom. The maximum absolute atomic E-state index is 11.0. The van der Waals surface area contributed by atoms with Gasteiger partial charge in [0.1, 0.15) is 11.6 Å². The molecule has 6 heteroatoms. The highest BCUT2D eigenvalue weighted by Gasteiger charge is 2.25. The minimum absolute atomic E-state index is 0.0905. The molecule has 0 amide bonds. The first-order chi connectivity index (χ1) is 6.99. The number of benzene rings is 1. The van der Waals surface area contributed by atoms with E-state index in [0.717, 1.165) is 0 Å². The second-order valence-corrected chi connectivity index (χ2v) is 3.14. The SMILES string of the molecule is Cc1ccc(C#N)c(C(=O)Cl)c1[N+](=O)[O-]. The molecule has 0 atom stereocenters. The zero-order valence-electron chi connectivity index (χ0n) is 7.65. The van der Waals surface area contributed by atoms with Gasteiger partial charge >= 0.3 is 0 Å². The van der Waals surface area contributed by atoms with Gasteiger partial charge in [-0.1, -0.05) is 6.07 Å². The monoisotopic (exact) mass is 224 g/mol. The number of aryl methyl sites for hydroxylation is 1. The van der Waals surface area contributed by atoms with Gasteiger partial charge in [0.2, 0.25) is 0 Å². The van der Waals surface area contributed by atoms with Crippen LogP contribution in [0, 0.1) is 28.4 Å². The molecular weight excluding hydrogens is 220 g/mol. The number of hydrogen-bond acceptors (Lipinski definition) is 4. The topological polar surface area (TPSA) is 84.0 Å². The predicted octanol–water partition coefficient (Wildman–Crippen LogP) is 2.15. The van der Waals surface area contributed by atoms with E-state index in [1.807, 2.05) is 0 Å². The van der Waals surface area contributed by atoms with Crippen molar-refractivity contribution in [3.8, 4) is 6.07 Å². The van der Waals surface area contributed by atoms with Crippen molar-refractivity contribution in [1.29, 1.82) is 5.26 Å². The second kappa shape index (κ2) is 4.07. The molecule has 0 radical (unpaired) electrons. The zero-order chi connectivity index (χ0) is 11.6. The van der Waals surface area contributed by atoms with E-state index in [-0.39, 0.29) is 11.1 Å². The summed E-state index contributed by atoms with van der Waals surface area (Å²) in [6, 6.07) is 4.42. The minimum atomic E-state index is -0.998. The summed E-state index contributed by atoms with van der Waals surface area (Å²) in [5.74, 6) is 0. The number of carbonyl (C=O) groups is 1. The lowest BCUT2D eigenvalue weighted by molar-refractivity contribution is -0.385. The Balaban J connectivity index is 3.68. The fourth-order valence-corrected chi connectivity index (χ4v) is 1.41. The van der Waals surface area contributed by atoms with Gasteiger partial charge in [-0.3, -0.25) is 14.9 Å². The molecule has 0 aliphatic rings. The van der Waals surface area contributed by atoms with E-state index >= 15 is 0 Å². The van der Waals surface area contributed by atoms with Crippen LogP contribution in [0.4, 0.5) is 5.69 Å². The van der Waals surface area contributed by atoms with E-state index in [4.69, 9.17) is 16.9 Å². The van der Waals surface area contributed by atoms with Crippen LogP contribution < -0.4 is 0 Å². The molecule has 1 rings (SSSR count). The average Bonchev–Trinajstić information content (AvgIpc) is 2.16. The Morgan fingerprint density at radius 2 is 2.20 bits per heavy atom. The minimum Gasteiger partial charge on any atom is -0.275 e. The molecule has 0 heterocycles. The van der Waals surface area contributed by atoms with Crippen molar-refractivity contribution >= 4 is 22.5 Å². The van der Waals surface area contributed by atoms with E-state index in [9.17, 15) is 14.9 Å². The Bertz CT molecular complexity index is 491. The van der Waals surface area contributed by atoms with Gasteiger partial charge in [-0.25, -0.2) is 0 Å². The molecule has 0 aliphatic carbocycles. The standard InChI is InChI=1S/C9H5ClN2O3/c1-5-2-3-6(4-11)7(9(10)13)8(5)12(14)15/h2-3H,1H3. The van der Waals surface area contributed by atoms with Crippen LogP contribution in [0.1, 0.15) is 21.5 Å². The van der Waals surface area contributed by atoms with Gasteiger partial charge < -0.3 is 0 Å². The molecule has 1 aromatic carbocycles. The van der Waals surface area contributed by atoms with Gasteiger partial charge in [-0.05, 0) is 24.6 Å². The molecule has 0 aromatic heterocycles. The van der Waals surface area contributed by atoms with E-state index < -0.39 is 15.9 Å². The molecule has 0 aliphatic heterocycles. The Morgan fingerprint density at radius 3 is 2.60 bits per heavy atom. The molecule has 1 aromatic rings. The fourth-order valence-electron chi connectivity index (χ4n) is 1.22. The molecular formula is C9H5ClN2O3. The molecule has 0 bridgehead atoms. The molecule has 0 saturated carbocycles. The zero-order valence-corrected chi connectivity index (χ0v) is 8.41. The predicted molar refractivity (Wildman–Crippen MR) is 52.7 cm³/mol. The highest BCUT2D eigenvalue weighted by Crippen LogP contribution is 2.27. The fraction of sp³-hybridized carbons (Fsp3) is 0.111. The van der Waals surface area contributed by atoms with Gasteiger partial charge in [0.05, 0.1) is 10.5 Å². The Kier molecular flexibility index (Phi) is 3.02. The first-order valence-electron chi connectivity index (χ1n) is 3.87. The van der Waals surface area contributed by atoms with Gasteiger partial charge in [-0.15, -0.1) is 0 Å². The number of rotatable bonds is 2. The van der Waals surface area contributed by atoms with Crippen LogP contribution in [0.5, 0.6) is 0 Å². The van der Waals surface area contributed by atoms with Crippen LogP contribution in [0.2, 0.25) is 0 Å². The van der Waals surface area contributed by atoms with Crippen LogP contribution in [0.25, 0.3) is 0 Å². The molecule has 15 heavy (non-hydrogen) atoms. The number of nitro groups is 1. The van der Waals surface area contributed by atoms with Crippen molar-refractivity contribution in [2.24, 2.45) is 0 Å². The normalized spacial score (nSPS) is 9.40. The summed E-state index contributed by atoms with van der Waals surface area (Å²) in [5.41, 5.74) is -0.548. The number of nitrogens with zero attached hydrogens (tertiary/aromatic N) is 2. The maximum atomic E-state index is 11.0. The summed E-state index contributed by atoms with van der Waals surface area (Å²) in [6.45, 7) is 1.47. The average molecular weight is 225 g/mol. The summed E-state index contributed by atoms with van der Waals surface area (Å²) >= 11 is 5.21. The van der Waals surface area contributed by atoms with Gasteiger partial charge in [0, 0.05) is 5.56 Å². The highest BCUT2D eigenvalue weighted by atomic mass is 35.5. The molecule has 0 unspecified atom stereocenters. The molecule has 76 valence electrons. The Labute approximate surface area is 90.0 Å². The largest absolute Gasteiger partial charge is 0.285 e. The number of hydrogen-bond donors (Lipinski definition) is 0. The van der Waals surface area contributed by atoms with Gasteiger partial charge in [0.15, 0.2) is 0 Å². The van der Waals surface area contributed by atoms with E-state index in [1.165, 1.54) is 19.1 Å². The lowest BCUT2D eigenvalue weighted by Gasteiger charge is -2.02. The Hall–Kier alpha value is -1.93. The third-order valence-electron chi connectivity index (χ3n) is 1.88. The first-order valence-corrected chi connectivity index (χ1v) is 4.24. The number of nitriles is 1. The quantitative estimate of drug-likeness (QED) is 0.438. The van der Waals surface area contributed by atoms with Crippen molar-refractivity contribution in [2.45, 2.75) is 6.92 Å². The van der Waals surface area contributed by atoms with Crippen molar-refractivity contribution < 1.29 is 9.72 Å². The van der Waals surface area contributed by atoms with Crippen LogP contribution in [-0.2, 0) is 0 Å². The van der Waals surface area contributed by atoms with Gasteiger partial charge in [0.25, 0.3) is 10.9 Å². The second-order valence-electron chi connectivity index (χ2n) is 2.80. The van der Waals surface area contributed by atoms with Crippen molar-refractivity contribution in [1.82, 2.24) is 0 Å². The number of nitro benzene ring substituents is 1. The summed E-state index contributed by atoms with van der Waals surface area (Å²) in [4.78, 5) is 21.0. The van der Waals surface area contributed by atoms with Crippen molar-refractivity contribution in [3.05, 3.63) is 38.9 Å². The van der Waals surface area contributed by atoms with Crippen LogP contribution >= 0.6 is 11.6 Å². The summed E-state index contributed by atoms with van der Waals surface area (Å²) < 4.78 is 0. The van der Waals surface area contributed by atoms with Crippen LogP contribution in [0.3, 0.4) is 0 Å². The van der Waals surface area contributed by atoms with E-state index in [2.05, 4.69) is 0 Å². The molecule has 0 spiro atoms. The van der Waals surface area contributed by atoms with E-state index in [1.54, 1.807) is 6.07 Å². The summed E-state index contributed by atoms with van der Waals surface area (Å²) in [5, 5.41) is 18.4. The van der Waals surface area contributed by atoms with Gasteiger partial charge in [-0.2, -0.15) is 5.26 Å². The lowest BCUT2D eigenvalue weighted by atomic mass is 10.0. The molecule has 0 saturated heterocycles. The van der Waals surface area contributed by atoms with E-state index in [0.29, 0.717) is 5.56 Å². The van der Waals surface area contributed by atoms with Crippen molar-refractivity contribution in [3.63, 3.8) is 0 Å².